The predicted molar refractivity (Wildman–Crippen MR) is 123 cm³/mol. The van der Waals surface area contributed by atoms with Crippen LogP contribution in [0.5, 0.6) is 0 Å². The molecule has 0 unspecified atom stereocenters. The quantitative estimate of drug-likeness (QED) is 0.481. The highest BCUT2D eigenvalue weighted by Gasteiger charge is 2.16. The zero-order chi connectivity index (χ0) is 21.4. The van der Waals surface area contributed by atoms with E-state index in [-0.39, 0.29) is 5.56 Å². The van der Waals surface area contributed by atoms with Crippen molar-refractivity contribution in [1.82, 2.24) is 19.9 Å². The van der Waals surface area contributed by atoms with Crippen molar-refractivity contribution in [2.75, 3.05) is 19.6 Å². The van der Waals surface area contributed by atoms with Gasteiger partial charge in [-0.3, -0.25) is 4.79 Å². The molecule has 0 bridgehead atoms. The average molecular weight is 435 g/mol. The van der Waals surface area contributed by atoms with Gasteiger partial charge in [0.1, 0.15) is 5.82 Å². The van der Waals surface area contributed by atoms with Gasteiger partial charge in [-0.1, -0.05) is 24.3 Å². The number of imidazole rings is 1. The van der Waals surface area contributed by atoms with Crippen LogP contribution in [0.4, 0.5) is 0 Å². The highest BCUT2D eigenvalue weighted by molar-refractivity contribution is 7.73. The van der Waals surface area contributed by atoms with E-state index in [1.165, 1.54) is 5.56 Å². The van der Waals surface area contributed by atoms with Gasteiger partial charge in [0.15, 0.2) is 0 Å². The minimum atomic E-state index is -2.04. The van der Waals surface area contributed by atoms with Crippen LogP contribution in [0.1, 0.15) is 18.4 Å². The molecule has 0 saturated carbocycles. The number of nitrogens with zero attached hydrogens (tertiary/aromatic N) is 2. The summed E-state index contributed by atoms with van der Waals surface area (Å²) in [6, 6.07) is 15.7. The van der Waals surface area contributed by atoms with Crippen LogP contribution in [0.2, 0.25) is 0 Å². The lowest BCUT2D eigenvalue weighted by molar-refractivity contribution is 0.279. The largest absolute Gasteiger partial charge is 0.338 e. The van der Waals surface area contributed by atoms with Gasteiger partial charge in [-0.2, -0.15) is 8.42 Å². The number of hydrogen-bond donors (Lipinski definition) is 2. The van der Waals surface area contributed by atoms with Crippen LogP contribution < -0.4 is 5.56 Å². The van der Waals surface area contributed by atoms with Gasteiger partial charge in [0.2, 0.25) is 10.3 Å². The molecule has 2 aromatic heterocycles. The molecule has 3 heterocycles. The maximum absolute atomic E-state index is 12.6. The van der Waals surface area contributed by atoms with Crippen molar-refractivity contribution >= 4 is 37.1 Å². The van der Waals surface area contributed by atoms with Gasteiger partial charge >= 0.3 is 0 Å². The minimum Gasteiger partial charge on any atom is -0.338 e. The van der Waals surface area contributed by atoms with E-state index in [1.54, 1.807) is 0 Å². The summed E-state index contributed by atoms with van der Waals surface area (Å²) in [5.74, 6) is 0.559. The number of hydrogen-bond acceptors (Lipinski definition) is 5. The number of H-pyrrole nitrogens is 2. The third-order valence-electron chi connectivity index (χ3n) is 5.92. The molecule has 1 aliphatic rings. The zero-order valence-electron chi connectivity index (χ0n) is 16.9. The number of aromatic nitrogens is 3. The van der Waals surface area contributed by atoms with E-state index in [1.807, 2.05) is 36.4 Å². The van der Waals surface area contributed by atoms with Crippen molar-refractivity contribution in [2.24, 2.45) is 0 Å². The van der Waals surface area contributed by atoms with Crippen LogP contribution in [-0.4, -0.2) is 52.8 Å². The second-order valence-corrected chi connectivity index (χ2v) is 8.95. The molecule has 5 rings (SSSR count). The van der Waals surface area contributed by atoms with E-state index in [0.29, 0.717) is 29.1 Å². The van der Waals surface area contributed by atoms with Crippen molar-refractivity contribution in [2.45, 2.75) is 19.3 Å². The summed E-state index contributed by atoms with van der Waals surface area (Å²) in [7, 11) is -2.04. The number of para-hydroxylation sites is 1. The Morgan fingerprint density at radius 2 is 1.77 bits per heavy atom. The molecule has 0 spiro atoms. The fraction of sp³-hybridized carbons (Fsp3) is 0.261. The van der Waals surface area contributed by atoms with E-state index >= 15 is 0 Å². The fourth-order valence-electron chi connectivity index (χ4n) is 4.14. The SMILES string of the molecule is O=c1[nH]c2ccccc2cc1-c1nc2ccc(CCN3CCC(=S(=O)=O)CC3)cc2[nH]1. The molecule has 2 N–H and O–H groups in total. The summed E-state index contributed by atoms with van der Waals surface area (Å²) in [4.78, 5) is 26.3. The van der Waals surface area contributed by atoms with Gasteiger partial charge in [0.05, 0.1) is 21.5 Å². The standard InChI is InChI=1S/C23H22N4O3S/c28-23-18(14-16-3-1-2-4-19(16)26-23)22-24-20-6-5-15(13-21(20)25-22)7-10-27-11-8-17(9-12-27)31(29)30/h1-6,13-14H,7-12H2,(H,24,25)(H,26,28). The Hall–Kier alpha value is -3.23. The first-order chi connectivity index (χ1) is 15.1. The molecule has 1 saturated heterocycles. The smallest absolute Gasteiger partial charge is 0.259 e. The normalized spacial score (nSPS) is 15.0. The number of piperidine rings is 1. The molecule has 2 aromatic carbocycles. The minimum absolute atomic E-state index is 0.168. The van der Waals surface area contributed by atoms with Crippen LogP contribution >= 0.6 is 0 Å². The second-order valence-electron chi connectivity index (χ2n) is 7.90. The van der Waals surface area contributed by atoms with Crippen molar-refractivity contribution in [1.29, 1.82) is 0 Å². The topological polar surface area (TPSA) is 98.9 Å². The molecule has 0 aliphatic carbocycles. The van der Waals surface area contributed by atoms with E-state index in [0.717, 1.165) is 48.0 Å². The molecule has 0 atom stereocenters. The van der Waals surface area contributed by atoms with Crippen LogP contribution in [-0.2, 0) is 16.7 Å². The number of likely N-dealkylation sites (tertiary alicyclic amines) is 1. The summed E-state index contributed by atoms with van der Waals surface area (Å²) in [6.07, 6.45) is 2.12. The van der Waals surface area contributed by atoms with Crippen molar-refractivity contribution < 1.29 is 8.42 Å². The molecular formula is C23H22N4O3S. The average Bonchev–Trinajstić information content (AvgIpc) is 3.20. The molecule has 1 aliphatic heterocycles. The number of nitrogens with one attached hydrogen (secondary N) is 2. The Kier molecular flexibility index (Phi) is 5.17. The Balaban J connectivity index is 1.35. The third kappa shape index (κ3) is 4.04. The Bertz CT molecular complexity index is 1470. The first kappa shape index (κ1) is 19.7. The monoisotopic (exact) mass is 434 g/mol. The number of fused-ring (bicyclic) bond motifs is 2. The summed E-state index contributed by atoms with van der Waals surface area (Å²) in [6.45, 7) is 2.45. The maximum Gasteiger partial charge on any atom is 0.259 e. The molecular weight excluding hydrogens is 412 g/mol. The summed E-state index contributed by atoms with van der Waals surface area (Å²) >= 11 is 0. The lowest BCUT2D eigenvalue weighted by atomic mass is 10.1. The number of rotatable bonds is 4. The van der Waals surface area contributed by atoms with Crippen LogP contribution in [0.3, 0.4) is 0 Å². The second kappa shape index (κ2) is 8.13. The van der Waals surface area contributed by atoms with Crippen molar-refractivity contribution in [3.8, 4) is 11.4 Å². The van der Waals surface area contributed by atoms with Gasteiger partial charge in [0, 0.05) is 25.2 Å². The lowest BCUT2D eigenvalue weighted by Gasteiger charge is -2.26. The molecule has 8 heteroatoms. The van der Waals surface area contributed by atoms with Crippen molar-refractivity contribution in [3.63, 3.8) is 0 Å². The third-order valence-corrected chi connectivity index (χ3v) is 6.80. The number of benzene rings is 2. The first-order valence-electron chi connectivity index (χ1n) is 10.3. The molecule has 31 heavy (non-hydrogen) atoms. The van der Waals surface area contributed by atoms with Crippen LogP contribution in [0, 0.1) is 0 Å². The van der Waals surface area contributed by atoms with Crippen molar-refractivity contribution in [3.05, 3.63) is 64.4 Å². The Morgan fingerprint density at radius 1 is 0.968 bits per heavy atom. The van der Waals surface area contributed by atoms with E-state index < -0.39 is 10.3 Å². The highest BCUT2D eigenvalue weighted by atomic mass is 32.2. The van der Waals surface area contributed by atoms with Gasteiger partial charge in [-0.05, 0) is 54.5 Å². The lowest BCUT2D eigenvalue weighted by Crippen LogP contribution is -2.35. The maximum atomic E-state index is 12.6. The van der Waals surface area contributed by atoms with Gasteiger partial charge in [-0.15, -0.1) is 0 Å². The highest BCUT2D eigenvalue weighted by Crippen LogP contribution is 2.22. The van der Waals surface area contributed by atoms with Gasteiger partial charge in [0.25, 0.3) is 5.56 Å². The van der Waals surface area contributed by atoms with Crippen LogP contribution in [0.25, 0.3) is 33.3 Å². The predicted octanol–water partition coefficient (Wildman–Crippen LogP) is 2.76. The molecule has 158 valence electrons. The van der Waals surface area contributed by atoms with Gasteiger partial charge < -0.3 is 14.9 Å². The summed E-state index contributed by atoms with van der Waals surface area (Å²) in [5, 5.41) is 0.959. The molecule has 1 fully saturated rings. The first-order valence-corrected chi connectivity index (χ1v) is 11.4. The Morgan fingerprint density at radius 3 is 2.58 bits per heavy atom. The molecule has 0 amide bonds. The fourth-order valence-corrected chi connectivity index (χ4v) is 4.66. The van der Waals surface area contributed by atoms with E-state index in [2.05, 4.69) is 32.0 Å². The number of aromatic amines is 2. The molecule has 7 nitrogen and oxygen atoms in total. The summed E-state index contributed by atoms with van der Waals surface area (Å²) < 4.78 is 22.1. The Labute approximate surface area is 180 Å². The molecule has 0 radical (unpaired) electrons. The summed E-state index contributed by atoms with van der Waals surface area (Å²) in [5.41, 5.74) is 4.05. The van der Waals surface area contributed by atoms with E-state index in [4.69, 9.17) is 0 Å². The molecule has 4 aromatic rings. The van der Waals surface area contributed by atoms with Gasteiger partial charge in [-0.25, -0.2) is 4.98 Å². The van der Waals surface area contributed by atoms with Crippen LogP contribution in [0.15, 0.2) is 53.3 Å². The zero-order valence-corrected chi connectivity index (χ0v) is 17.7. The number of pyridine rings is 1. The van der Waals surface area contributed by atoms with E-state index in [9.17, 15) is 13.2 Å².